The van der Waals surface area contributed by atoms with Gasteiger partial charge >= 0.3 is 0 Å². The van der Waals surface area contributed by atoms with Crippen molar-refractivity contribution in [3.05, 3.63) is 35.9 Å². The molecule has 0 N–H and O–H groups in total. The van der Waals surface area contributed by atoms with Crippen LogP contribution in [0.4, 0.5) is 0 Å². The molecule has 0 spiro atoms. The number of hydrogen-bond donors (Lipinski definition) is 0. The summed E-state index contributed by atoms with van der Waals surface area (Å²) in [6.45, 7) is 4.00. The monoisotopic (exact) mass is 247 g/mol. The highest BCUT2D eigenvalue weighted by Gasteiger charge is 2.22. The predicted octanol–water partition coefficient (Wildman–Crippen LogP) is 4.12. The Morgan fingerprint density at radius 3 is 2.17 bits per heavy atom. The highest BCUT2D eigenvalue weighted by atomic mass is 16.2. The van der Waals surface area contributed by atoms with E-state index in [-0.39, 0.29) is 5.91 Å². The second kappa shape index (κ2) is 7.91. The third kappa shape index (κ3) is 3.86. The van der Waals surface area contributed by atoms with Crippen molar-refractivity contribution in [2.75, 3.05) is 7.05 Å². The lowest BCUT2D eigenvalue weighted by molar-refractivity contribution is 0.0696. The zero-order valence-electron chi connectivity index (χ0n) is 11.9. The molecule has 1 aromatic carbocycles. The van der Waals surface area contributed by atoms with Crippen molar-refractivity contribution in [2.45, 2.75) is 52.0 Å². The second-order valence-corrected chi connectivity index (χ2v) is 4.57. The lowest BCUT2D eigenvalue weighted by Gasteiger charge is -2.31. The summed E-state index contributed by atoms with van der Waals surface area (Å²) >= 11 is 0. The Bertz CT molecular complexity index is 341. The Labute approximate surface area is 111 Å². The van der Waals surface area contributed by atoms with Crippen molar-refractivity contribution in [1.29, 1.82) is 0 Å². The van der Waals surface area contributed by atoms with Crippen molar-refractivity contribution < 1.29 is 4.79 Å². The number of rotatable bonds is 2. The number of benzene rings is 1. The Hall–Kier alpha value is -1.31. The van der Waals surface area contributed by atoms with Gasteiger partial charge in [-0.3, -0.25) is 4.79 Å². The minimum absolute atomic E-state index is 0.160. The standard InChI is InChI=1S/C14H19NO.C2H6/c1-15(13-10-6-3-7-11-13)14(16)12-8-4-2-5-9-12;1-2/h2,4-5,8-9,13H,3,6-7,10-11H2,1H3;1-2H3. The van der Waals surface area contributed by atoms with Crippen LogP contribution >= 0.6 is 0 Å². The molecule has 18 heavy (non-hydrogen) atoms. The molecule has 1 saturated carbocycles. The van der Waals surface area contributed by atoms with Gasteiger partial charge in [0, 0.05) is 18.7 Å². The van der Waals surface area contributed by atoms with Crippen LogP contribution in [-0.4, -0.2) is 23.9 Å². The number of hydrogen-bond acceptors (Lipinski definition) is 1. The Balaban J connectivity index is 0.000000771. The second-order valence-electron chi connectivity index (χ2n) is 4.57. The van der Waals surface area contributed by atoms with Gasteiger partial charge in [0.2, 0.25) is 0 Å². The molecule has 0 unspecified atom stereocenters. The van der Waals surface area contributed by atoms with Gasteiger partial charge < -0.3 is 4.90 Å². The van der Waals surface area contributed by atoms with E-state index in [1.807, 2.05) is 56.1 Å². The van der Waals surface area contributed by atoms with E-state index in [0.717, 1.165) is 18.4 Å². The van der Waals surface area contributed by atoms with Gasteiger partial charge in [-0.25, -0.2) is 0 Å². The molecule has 1 aliphatic carbocycles. The van der Waals surface area contributed by atoms with E-state index in [1.54, 1.807) is 0 Å². The molecular formula is C16H25NO. The van der Waals surface area contributed by atoms with Crippen molar-refractivity contribution >= 4 is 5.91 Å². The molecule has 0 bridgehead atoms. The normalized spacial score (nSPS) is 15.5. The highest BCUT2D eigenvalue weighted by Crippen LogP contribution is 2.22. The molecule has 0 aliphatic heterocycles. The van der Waals surface area contributed by atoms with Gasteiger partial charge in [-0.1, -0.05) is 51.3 Å². The van der Waals surface area contributed by atoms with Gasteiger partial charge in [0.1, 0.15) is 0 Å². The molecule has 0 aromatic heterocycles. The van der Waals surface area contributed by atoms with Crippen LogP contribution in [0.1, 0.15) is 56.3 Å². The van der Waals surface area contributed by atoms with Crippen molar-refractivity contribution in [3.8, 4) is 0 Å². The first-order valence-corrected chi connectivity index (χ1v) is 7.11. The van der Waals surface area contributed by atoms with Crippen molar-refractivity contribution in [1.82, 2.24) is 4.90 Å². The topological polar surface area (TPSA) is 20.3 Å². The van der Waals surface area contributed by atoms with Crippen LogP contribution in [0.15, 0.2) is 30.3 Å². The summed E-state index contributed by atoms with van der Waals surface area (Å²) in [6, 6.07) is 10.0. The molecular weight excluding hydrogens is 222 g/mol. The predicted molar refractivity (Wildman–Crippen MR) is 76.8 cm³/mol. The molecule has 0 atom stereocenters. The maximum absolute atomic E-state index is 12.2. The SMILES string of the molecule is CC.CN(C(=O)c1ccccc1)C1CCCCC1. The van der Waals surface area contributed by atoms with E-state index < -0.39 is 0 Å². The van der Waals surface area contributed by atoms with Crippen molar-refractivity contribution in [2.24, 2.45) is 0 Å². The number of carbonyl (C=O) groups excluding carboxylic acids is 1. The maximum atomic E-state index is 12.2. The molecule has 1 fully saturated rings. The zero-order chi connectivity index (χ0) is 13.4. The largest absolute Gasteiger partial charge is 0.339 e. The quantitative estimate of drug-likeness (QED) is 0.770. The first kappa shape index (κ1) is 14.7. The highest BCUT2D eigenvalue weighted by molar-refractivity contribution is 5.94. The third-order valence-electron chi connectivity index (χ3n) is 3.46. The summed E-state index contributed by atoms with van der Waals surface area (Å²) in [5.41, 5.74) is 0.801. The van der Waals surface area contributed by atoms with Gasteiger partial charge in [0.05, 0.1) is 0 Å². The summed E-state index contributed by atoms with van der Waals surface area (Å²) in [5, 5.41) is 0. The van der Waals surface area contributed by atoms with Gasteiger partial charge in [0.25, 0.3) is 5.91 Å². The summed E-state index contributed by atoms with van der Waals surface area (Å²) in [5.74, 6) is 0.160. The van der Waals surface area contributed by atoms with E-state index >= 15 is 0 Å². The molecule has 1 amide bonds. The Morgan fingerprint density at radius 1 is 1.06 bits per heavy atom. The maximum Gasteiger partial charge on any atom is 0.253 e. The van der Waals surface area contributed by atoms with Gasteiger partial charge in [-0.15, -0.1) is 0 Å². The lowest BCUT2D eigenvalue weighted by Crippen LogP contribution is -2.38. The van der Waals surface area contributed by atoms with E-state index in [1.165, 1.54) is 19.3 Å². The summed E-state index contributed by atoms with van der Waals surface area (Å²) < 4.78 is 0. The minimum Gasteiger partial charge on any atom is -0.339 e. The molecule has 2 heteroatoms. The Kier molecular flexibility index (Phi) is 6.48. The minimum atomic E-state index is 0.160. The van der Waals surface area contributed by atoms with Gasteiger partial charge in [-0.2, -0.15) is 0 Å². The van der Waals surface area contributed by atoms with Crippen LogP contribution in [-0.2, 0) is 0 Å². The average molecular weight is 247 g/mol. The number of nitrogens with zero attached hydrogens (tertiary/aromatic N) is 1. The molecule has 1 aromatic rings. The summed E-state index contributed by atoms with van der Waals surface area (Å²) in [7, 11) is 1.94. The van der Waals surface area contributed by atoms with Gasteiger partial charge in [0.15, 0.2) is 0 Å². The third-order valence-corrected chi connectivity index (χ3v) is 3.46. The van der Waals surface area contributed by atoms with Gasteiger partial charge in [-0.05, 0) is 25.0 Å². The van der Waals surface area contributed by atoms with Crippen LogP contribution < -0.4 is 0 Å². The number of carbonyl (C=O) groups is 1. The molecule has 0 radical (unpaired) electrons. The van der Waals surface area contributed by atoms with E-state index in [0.29, 0.717) is 6.04 Å². The fourth-order valence-corrected chi connectivity index (χ4v) is 2.42. The van der Waals surface area contributed by atoms with Crippen molar-refractivity contribution in [3.63, 3.8) is 0 Å². The van der Waals surface area contributed by atoms with Crippen LogP contribution in [0.3, 0.4) is 0 Å². The number of amides is 1. The van der Waals surface area contributed by atoms with Crippen LogP contribution in [0, 0.1) is 0 Å². The van der Waals surface area contributed by atoms with E-state index in [9.17, 15) is 4.79 Å². The van der Waals surface area contributed by atoms with Crippen LogP contribution in [0.25, 0.3) is 0 Å². The molecule has 2 nitrogen and oxygen atoms in total. The average Bonchev–Trinajstić information content (AvgIpc) is 2.49. The first-order valence-electron chi connectivity index (χ1n) is 7.11. The molecule has 100 valence electrons. The smallest absolute Gasteiger partial charge is 0.253 e. The van der Waals surface area contributed by atoms with E-state index in [2.05, 4.69) is 0 Å². The molecule has 1 aliphatic rings. The molecule has 0 saturated heterocycles. The summed E-state index contributed by atoms with van der Waals surface area (Å²) in [4.78, 5) is 14.1. The zero-order valence-corrected chi connectivity index (χ0v) is 11.9. The fraction of sp³-hybridized carbons (Fsp3) is 0.562. The summed E-state index contributed by atoms with van der Waals surface area (Å²) in [6.07, 6.45) is 6.17. The first-order chi connectivity index (χ1) is 8.79. The van der Waals surface area contributed by atoms with Crippen LogP contribution in [0.5, 0.6) is 0 Å². The molecule has 0 heterocycles. The Morgan fingerprint density at radius 2 is 1.61 bits per heavy atom. The lowest BCUT2D eigenvalue weighted by atomic mass is 9.94. The molecule has 2 rings (SSSR count). The fourth-order valence-electron chi connectivity index (χ4n) is 2.42. The van der Waals surface area contributed by atoms with Crippen LogP contribution in [0.2, 0.25) is 0 Å². The van der Waals surface area contributed by atoms with E-state index in [4.69, 9.17) is 0 Å².